The van der Waals surface area contributed by atoms with Crippen LogP contribution in [0.4, 0.5) is 5.69 Å². The number of carbonyl (C=O) groups is 1. The fraction of sp³-hybridized carbons (Fsp3) is 0.130. The van der Waals surface area contributed by atoms with Gasteiger partial charge in [-0.1, -0.05) is 24.3 Å². The number of carbonyl (C=O) groups excluding carboxylic acids is 1. The molecular formula is C23H19N3OS. The molecule has 5 rings (SSSR count). The van der Waals surface area contributed by atoms with Crippen LogP contribution >= 0.6 is 11.3 Å². The molecule has 1 aliphatic rings. The number of fused-ring (bicyclic) bond motifs is 2. The Hall–Kier alpha value is -3.02. The molecule has 5 heteroatoms. The van der Waals surface area contributed by atoms with Crippen molar-refractivity contribution in [3.63, 3.8) is 0 Å². The zero-order valence-electron chi connectivity index (χ0n) is 15.2. The summed E-state index contributed by atoms with van der Waals surface area (Å²) < 4.78 is 1.22. The largest absolute Gasteiger partial charge is 0.329 e. The van der Waals surface area contributed by atoms with E-state index < -0.39 is 0 Å². The third-order valence-electron chi connectivity index (χ3n) is 5.19. The lowest BCUT2D eigenvalue weighted by atomic mass is 9.94. The molecule has 2 aromatic heterocycles. The highest BCUT2D eigenvalue weighted by Crippen LogP contribution is 2.45. The number of hydrogen-bond acceptors (Lipinski definition) is 4. The second-order valence-electron chi connectivity index (χ2n) is 6.84. The van der Waals surface area contributed by atoms with E-state index in [1.165, 1.54) is 37.0 Å². The van der Waals surface area contributed by atoms with Crippen LogP contribution in [0.3, 0.4) is 0 Å². The maximum Gasteiger partial charge on any atom is 0.211 e. The number of hydrogen-bond donors (Lipinski definition) is 2. The minimum absolute atomic E-state index is 0.730. The van der Waals surface area contributed by atoms with E-state index in [4.69, 9.17) is 0 Å². The Labute approximate surface area is 166 Å². The van der Waals surface area contributed by atoms with Crippen LogP contribution in [0.25, 0.3) is 37.0 Å². The standard InChI is InChI=1S/C23H19N3OS/c27-14-26-16-5-6-21-19(13-16)22(15-7-10-24-11-8-15)23(28-21)18-9-12-25-20-4-2-1-3-17(18)20/h1-7,9,12-14,24H,8,10-11H2,(H,26,27). The van der Waals surface area contributed by atoms with E-state index in [2.05, 4.69) is 58.1 Å². The van der Waals surface area contributed by atoms with Gasteiger partial charge in [0.1, 0.15) is 0 Å². The Morgan fingerprint density at radius 1 is 1.11 bits per heavy atom. The Morgan fingerprint density at radius 3 is 2.89 bits per heavy atom. The summed E-state index contributed by atoms with van der Waals surface area (Å²) in [5.74, 6) is 0. The van der Waals surface area contributed by atoms with Crippen molar-refractivity contribution in [1.29, 1.82) is 0 Å². The molecular weight excluding hydrogens is 366 g/mol. The number of anilines is 1. The van der Waals surface area contributed by atoms with E-state index in [1.807, 2.05) is 29.7 Å². The predicted octanol–water partition coefficient (Wildman–Crippen LogP) is 5.06. The molecule has 2 aromatic carbocycles. The normalized spacial score (nSPS) is 14.2. The van der Waals surface area contributed by atoms with Gasteiger partial charge in [0.25, 0.3) is 0 Å². The average molecular weight is 385 g/mol. The smallest absolute Gasteiger partial charge is 0.211 e. The molecule has 0 fully saturated rings. The van der Waals surface area contributed by atoms with Gasteiger partial charge in [0.15, 0.2) is 0 Å². The van der Waals surface area contributed by atoms with Crippen molar-refractivity contribution in [2.75, 3.05) is 18.4 Å². The summed E-state index contributed by atoms with van der Waals surface area (Å²) in [5, 5.41) is 8.55. The first-order valence-electron chi connectivity index (χ1n) is 9.36. The second kappa shape index (κ2) is 7.19. The van der Waals surface area contributed by atoms with Crippen LogP contribution in [0.15, 0.2) is 60.8 Å². The minimum Gasteiger partial charge on any atom is -0.329 e. The maximum atomic E-state index is 10.9. The van der Waals surface area contributed by atoms with Crippen LogP contribution in [0.5, 0.6) is 0 Å². The van der Waals surface area contributed by atoms with E-state index >= 15 is 0 Å². The van der Waals surface area contributed by atoms with E-state index in [9.17, 15) is 4.79 Å². The molecule has 28 heavy (non-hydrogen) atoms. The molecule has 0 spiro atoms. The molecule has 0 radical (unpaired) electrons. The lowest BCUT2D eigenvalue weighted by Gasteiger charge is -2.16. The van der Waals surface area contributed by atoms with Crippen LogP contribution in [0, 0.1) is 0 Å². The van der Waals surface area contributed by atoms with Gasteiger partial charge >= 0.3 is 0 Å². The van der Waals surface area contributed by atoms with E-state index in [1.54, 1.807) is 0 Å². The predicted molar refractivity (Wildman–Crippen MR) is 118 cm³/mol. The molecule has 3 heterocycles. The first kappa shape index (κ1) is 17.1. The number of amides is 1. The van der Waals surface area contributed by atoms with Crippen LogP contribution in [0.2, 0.25) is 0 Å². The van der Waals surface area contributed by atoms with Gasteiger partial charge in [-0.25, -0.2) is 0 Å². The molecule has 1 aliphatic heterocycles. The number of para-hydroxylation sites is 1. The van der Waals surface area contributed by atoms with Crippen LogP contribution in [-0.2, 0) is 4.79 Å². The number of nitrogens with zero attached hydrogens (tertiary/aromatic N) is 1. The van der Waals surface area contributed by atoms with Crippen molar-refractivity contribution >= 4 is 50.0 Å². The summed E-state index contributed by atoms with van der Waals surface area (Å²) in [7, 11) is 0. The zero-order valence-corrected chi connectivity index (χ0v) is 16.1. The third-order valence-corrected chi connectivity index (χ3v) is 6.40. The van der Waals surface area contributed by atoms with E-state index in [-0.39, 0.29) is 0 Å². The maximum absolute atomic E-state index is 10.9. The summed E-state index contributed by atoms with van der Waals surface area (Å²) in [6, 6.07) is 16.6. The molecule has 0 saturated heterocycles. The topological polar surface area (TPSA) is 54.0 Å². The monoisotopic (exact) mass is 385 g/mol. The fourth-order valence-electron chi connectivity index (χ4n) is 3.91. The van der Waals surface area contributed by atoms with Crippen molar-refractivity contribution in [2.24, 2.45) is 0 Å². The molecule has 4 aromatic rings. The fourth-order valence-corrected chi connectivity index (χ4v) is 5.17. The summed E-state index contributed by atoms with van der Waals surface area (Å²) in [6.45, 7) is 1.86. The first-order chi connectivity index (χ1) is 13.8. The summed E-state index contributed by atoms with van der Waals surface area (Å²) in [6.07, 6.45) is 5.90. The SMILES string of the molecule is O=CNc1ccc2sc(-c3ccnc4ccccc34)c(C3=CCNCC3)c2c1. The lowest BCUT2D eigenvalue weighted by molar-refractivity contribution is -0.105. The molecule has 1 amide bonds. The van der Waals surface area contributed by atoms with Crippen molar-refractivity contribution < 1.29 is 4.79 Å². The van der Waals surface area contributed by atoms with Crippen molar-refractivity contribution in [1.82, 2.24) is 10.3 Å². The highest BCUT2D eigenvalue weighted by atomic mass is 32.1. The number of thiophene rings is 1. The molecule has 2 N–H and O–H groups in total. The van der Waals surface area contributed by atoms with E-state index in [0.29, 0.717) is 0 Å². The van der Waals surface area contributed by atoms with Gasteiger partial charge in [-0.2, -0.15) is 0 Å². The molecule has 138 valence electrons. The van der Waals surface area contributed by atoms with Gasteiger partial charge in [-0.05, 0) is 48.9 Å². The van der Waals surface area contributed by atoms with Gasteiger partial charge in [0.05, 0.1) is 5.52 Å². The van der Waals surface area contributed by atoms with Gasteiger partial charge in [-0.3, -0.25) is 9.78 Å². The molecule has 0 aliphatic carbocycles. The lowest BCUT2D eigenvalue weighted by Crippen LogP contribution is -2.20. The van der Waals surface area contributed by atoms with Crippen LogP contribution < -0.4 is 10.6 Å². The Balaban J connectivity index is 1.82. The molecule has 0 bridgehead atoms. The first-order valence-corrected chi connectivity index (χ1v) is 10.2. The third kappa shape index (κ3) is 2.89. The molecule has 4 nitrogen and oxygen atoms in total. The minimum atomic E-state index is 0.730. The number of pyridine rings is 1. The number of aromatic nitrogens is 1. The second-order valence-corrected chi connectivity index (χ2v) is 7.89. The molecule has 0 atom stereocenters. The Kier molecular flexibility index (Phi) is 4.39. The number of rotatable bonds is 4. The molecule has 0 saturated carbocycles. The van der Waals surface area contributed by atoms with E-state index in [0.717, 1.165) is 37.1 Å². The Morgan fingerprint density at radius 2 is 2.04 bits per heavy atom. The van der Waals surface area contributed by atoms with Gasteiger partial charge < -0.3 is 10.6 Å². The van der Waals surface area contributed by atoms with Crippen molar-refractivity contribution in [3.8, 4) is 10.4 Å². The average Bonchev–Trinajstić information content (AvgIpc) is 3.13. The quantitative estimate of drug-likeness (QED) is 0.483. The number of benzene rings is 2. The van der Waals surface area contributed by atoms with Gasteiger partial charge in [0.2, 0.25) is 6.41 Å². The van der Waals surface area contributed by atoms with Gasteiger partial charge in [0, 0.05) is 49.9 Å². The summed E-state index contributed by atoms with van der Waals surface area (Å²) in [5.41, 5.74) is 5.69. The van der Waals surface area contributed by atoms with Crippen molar-refractivity contribution in [3.05, 3.63) is 66.4 Å². The summed E-state index contributed by atoms with van der Waals surface area (Å²) in [4.78, 5) is 16.7. The number of nitrogens with one attached hydrogen (secondary N) is 2. The summed E-state index contributed by atoms with van der Waals surface area (Å²) >= 11 is 1.81. The van der Waals surface area contributed by atoms with Crippen LogP contribution in [-0.4, -0.2) is 24.5 Å². The van der Waals surface area contributed by atoms with Crippen molar-refractivity contribution in [2.45, 2.75) is 6.42 Å². The Bertz CT molecular complexity index is 1220. The highest BCUT2D eigenvalue weighted by molar-refractivity contribution is 7.22. The van der Waals surface area contributed by atoms with Gasteiger partial charge in [-0.15, -0.1) is 11.3 Å². The molecule has 0 unspecified atom stereocenters. The zero-order chi connectivity index (χ0) is 18.9. The highest BCUT2D eigenvalue weighted by Gasteiger charge is 2.20. The van der Waals surface area contributed by atoms with Crippen LogP contribution in [0.1, 0.15) is 12.0 Å².